The Balaban J connectivity index is 1.24. The highest BCUT2D eigenvalue weighted by Crippen LogP contribution is 2.37. The van der Waals surface area contributed by atoms with Crippen LogP contribution in [0.3, 0.4) is 0 Å². The number of fused-ring (bicyclic) bond motifs is 6. The number of anilines is 2. The Labute approximate surface area is 194 Å². The van der Waals surface area contributed by atoms with Crippen LogP contribution in [0, 0.1) is 12.1 Å². The first-order chi connectivity index (χ1) is 16.3. The third kappa shape index (κ3) is 2.96. The molecule has 1 N–H and O–H groups in total. The van der Waals surface area contributed by atoms with Crippen molar-refractivity contribution in [2.24, 2.45) is 0 Å². The Morgan fingerprint density at radius 3 is 2.36 bits per heavy atom. The number of furan rings is 1. The SMILES string of the molecule is c1c(Nc2cccc3oc4ccccc4c23)ccc(-c2ccc3c(c2)sc2ccccc23)c#1. The lowest BCUT2D eigenvalue weighted by Crippen LogP contribution is -1.90. The molecule has 2 nitrogen and oxygen atoms in total. The Kier molecular flexibility index (Phi) is 3.96. The van der Waals surface area contributed by atoms with E-state index in [-0.39, 0.29) is 0 Å². The number of para-hydroxylation sites is 1. The van der Waals surface area contributed by atoms with Crippen LogP contribution >= 0.6 is 11.3 Å². The molecule has 7 rings (SSSR count). The smallest absolute Gasteiger partial charge is 0.137 e. The van der Waals surface area contributed by atoms with E-state index in [1.54, 1.807) is 0 Å². The summed E-state index contributed by atoms with van der Waals surface area (Å²) >= 11 is 1.83. The van der Waals surface area contributed by atoms with E-state index in [4.69, 9.17) is 4.42 Å². The van der Waals surface area contributed by atoms with Crippen molar-refractivity contribution >= 4 is 64.8 Å². The number of thiophene rings is 1. The molecule has 0 aliphatic rings. The summed E-state index contributed by atoms with van der Waals surface area (Å²) in [5.74, 6) is 0. The number of hydrogen-bond donors (Lipinski definition) is 1. The zero-order valence-electron chi connectivity index (χ0n) is 17.6. The third-order valence-corrected chi connectivity index (χ3v) is 7.24. The average molecular weight is 440 g/mol. The lowest BCUT2D eigenvalue weighted by atomic mass is 10.0. The van der Waals surface area contributed by atoms with Crippen molar-refractivity contribution in [3.63, 3.8) is 0 Å². The molecule has 0 amide bonds. The largest absolute Gasteiger partial charge is 0.456 e. The quantitative estimate of drug-likeness (QED) is 0.297. The van der Waals surface area contributed by atoms with Crippen LogP contribution in [0.1, 0.15) is 0 Å². The predicted molar refractivity (Wildman–Crippen MR) is 139 cm³/mol. The summed E-state index contributed by atoms with van der Waals surface area (Å²) in [5, 5.41) is 8.32. The third-order valence-electron chi connectivity index (χ3n) is 6.11. The second-order valence-electron chi connectivity index (χ2n) is 8.12. The van der Waals surface area contributed by atoms with Crippen molar-refractivity contribution in [2.75, 3.05) is 5.32 Å². The summed E-state index contributed by atoms with van der Waals surface area (Å²) in [6.07, 6.45) is 0. The zero-order chi connectivity index (χ0) is 21.8. The van der Waals surface area contributed by atoms with E-state index in [0.29, 0.717) is 0 Å². The van der Waals surface area contributed by atoms with Crippen molar-refractivity contribution in [3.8, 4) is 11.1 Å². The van der Waals surface area contributed by atoms with Gasteiger partial charge in [0.2, 0.25) is 0 Å². The zero-order valence-corrected chi connectivity index (χ0v) is 18.4. The number of rotatable bonds is 3. The van der Waals surface area contributed by atoms with Crippen molar-refractivity contribution in [2.45, 2.75) is 0 Å². The van der Waals surface area contributed by atoms with Crippen LogP contribution in [0.4, 0.5) is 11.4 Å². The van der Waals surface area contributed by atoms with Gasteiger partial charge in [0.25, 0.3) is 0 Å². The van der Waals surface area contributed by atoms with Gasteiger partial charge in [-0.05, 0) is 54.1 Å². The van der Waals surface area contributed by atoms with Gasteiger partial charge in [0.15, 0.2) is 0 Å². The first-order valence-electron chi connectivity index (χ1n) is 10.9. The van der Waals surface area contributed by atoms with Gasteiger partial charge >= 0.3 is 0 Å². The minimum atomic E-state index is 0.874. The number of hydrogen-bond acceptors (Lipinski definition) is 3. The van der Waals surface area contributed by atoms with Crippen LogP contribution in [0.2, 0.25) is 0 Å². The average Bonchev–Trinajstić information content (AvgIpc) is 3.43. The van der Waals surface area contributed by atoms with Crippen molar-refractivity contribution in [1.29, 1.82) is 0 Å². The minimum absolute atomic E-state index is 0.874. The van der Waals surface area contributed by atoms with E-state index in [9.17, 15) is 0 Å². The summed E-state index contributed by atoms with van der Waals surface area (Å²) in [6, 6.07) is 40.2. The molecule has 0 aliphatic carbocycles. The summed E-state index contributed by atoms with van der Waals surface area (Å²) in [6.45, 7) is 0. The van der Waals surface area contributed by atoms with Crippen LogP contribution in [0.5, 0.6) is 0 Å². The van der Waals surface area contributed by atoms with Gasteiger partial charge in [-0.2, -0.15) is 0 Å². The van der Waals surface area contributed by atoms with Gasteiger partial charge in [0, 0.05) is 31.1 Å². The number of benzene rings is 4. The highest BCUT2D eigenvalue weighted by Gasteiger charge is 2.11. The molecular formula is C30H17NOS. The molecule has 33 heavy (non-hydrogen) atoms. The molecule has 7 aromatic rings. The molecule has 2 aromatic heterocycles. The highest BCUT2D eigenvalue weighted by atomic mass is 32.1. The Morgan fingerprint density at radius 1 is 0.636 bits per heavy atom. The maximum absolute atomic E-state index is 6.01. The van der Waals surface area contributed by atoms with Crippen LogP contribution in [0.25, 0.3) is 53.2 Å². The Bertz CT molecular complexity index is 1790. The van der Waals surface area contributed by atoms with Crippen LogP contribution in [0.15, 0.2) is 101 Å². The first-order valence-corrected chi connectivity index (χ1v) is 11.7. The van der Waals surface area contributed by atoms with E-state index >= 15 is 0 Å². The molecule has 0 bridgehead atoms. The molecule has 0 atom stereocenters. The number of nitrogens with one attached hydrogen (secondary N) is 1. The van der Waals surface area contributed by atoms with E-state index < -0.39 is 0 Å². The van der Waals surface area contributed by atoms with E-state index in [0.717, 1.165) is 44.4 Å². The summed E-state index contributed by atoms with van der Waals surface area (Å²) in [4.78, 5) is 0. The van der Waals surface area contributed by atoms with Crippen LogP contribution in [-0.4, -0.2) is 0 Å². The lowest BCUT2D eigenvalue weighted by molar-refractivity contribution is 0.669. The fourth-order valence-corrected chi connectivity index (χ4v) is 5.69. The van der Waals surface area contributed by atoms with Gasteiger partial charge in [-0.25, -0.2) is 0 Å². The summed E-state index contributed by atoms with van der Waals surface area (Å²) in [7, 11) is 0. The molecule has 0 fully saturated rings. The second kappa shape index (κ2) is 7.13. The van der Waals surface area contributed by atoms with Gasteiger partial charge < -0.3 is 9.73 Å². The van der Waals surface area contributed by atoms with E-state index in [2.05, 4.69) is 84.2 Å². The van der Waals surface area contributed by atoms with Crippen molar-refractivity contribution < 1.29 is 4.42 Å². The normalized spacial score (nSPS) is 11.4. The van der Waals surface area contributed by atoms with E-state index in [1.165, 1.54) is 20.2 Å². The molecule has 154 valence electrons. The molecule has 0 radical (unpaired) electrons. The van der Waals surface area contributed by atoms with E-state index in [1.807, 2.05) is 41.7 Å². The topological polar surface area (TPSA) is 25.2 Å². The monoisotopic (exact) mass is 439 g/mol. The van der Waals surface area contributed by atoms with Crippen LogP contribution in [-0.2, 0) is 0 Å². The standard InChI is InChI=1S/C30H17NOS/c1-3-9-26-24(7-1)30-25(8-5-10-27(30)32-26)31-21-15-12-19(13-16-21)20-14-17-23-22-6-2-4-11-28(22)33-29(23)18-20/h1-12,14-15,17-18,31H. The maximum atomic E-state index is 6.01. The van der Waals surface area contributed by atoms with Gasteiger partial charge in [-0.15, -0.1) is 11.3 Å². The molecular weight excluding hydrogens is 422 g/mol. The summed E-state index contributed by atoms with van der Waals surface area (Å²) in [5.41, 5.74) is 5.83. The molecule has 0 aliphatic heterocycles. The molecule has 0 saturated carbocycles. The van der Waals surface area contributed by atoms with Crippen LogP contribution < -0.4 is 5.32 Å². The Hall–Kier alpha value is -4.26. The molecule has 0 saturated heterocycles. The van der Waals surface area contributed by atoms with Crippen molar-refractivity contribution in [1.82, 2.24) is 0 Å². The summed E-state index contributed by atoms with van der Waals surface area (Å²) < 4.78 is 8.62. The van der Waals surface area contributed by atoms with Crippen molar-refractivity contribution in [3.05, 3.63) is 109 Å². The van der Waals surface area contributed by atoms with Gasteiger partial charge in [-0.3, -0.25) is 0 Å². The molecule has 5 aromatic carbocycles. The first kappa shape index (κ1) is 18.3. The molecule has 0 spiro atoms. The molecule has 3 heteroatoms. The fraction of sp³-hybridized carbons (Fsp3) is 0. The predicted octanol–water partition coefficient (Wildman–Crippen LogP) is 8.96. The lowest BCUT2D eigenvalue weighted by Gasteiger charge is -2.06. The maximum Gasteiger partial charge on any atom is 0.137 e. The highest BCUT2D eigenvalue weighted by molar-refractivity contribution is 7.25. The molecule has 0 unspecified atom stereocenters. The fourth-order valence-electron chi connectivity index (χ4n) is 4.54. The van der Waals surface area contributed by atoms with Gasteiger partial charge in [-0.1, -0.05) is 60.7 Å². The minimum Gasteiger partial charge on any atom is -0.456 e. The van der Waals surface area contributed by atoms with Gasteiger partial charge in [0.1, 0.15) is 11.2 Å². The second-order valence-corrected chi connectivity index (χ2v) is 9.21. The Morgan fingerprint density at radius 2 is 1.45 bits per heavy atom. The van der Waals surface area contributed by atoms with Gasteiger partial charge in [0.05, 0.1) is 16.8 Å². The molecule has 2 heterocycles.